The van der Waals surface area contributed by atoms with Crippen molar-refractivity contribution in [3.63, 3.8) is 0 Å². The molecule has 0 spiro atoms. The van der Waals surface area contributed by atoms with Gasteiger partial charge in [-0.15, -0.1) is 11.3 Å². The average molecular weight is 412 g/mol. The first-order chi connectivity index (χ1) is 13.0. The van der Waals surface area contributed by atoms with Gasteiger partial charge < -0.3 is 19.9 Å². The first-order valence-corrected chi connectivity index (χ1v) is 11.2. The van der Waals surface area contributed by atoms with Crippen LogP contribution in [0, 0.1) is 0 Å². The summed E-state index contributed by atoms with van der Waals surface area (Å²) in [6.07, 6.45) is 1.86. The third-order valence-corrected chi connectivity index (χ3v) is 6.64. The van der Waals surface area contributed by atoms with E-state index in [-0.39, 0.29) is 12.2 Å². The van der Waals surface area contributed by atoms with Crippen molar-refractivity contribution < 1.29 is 14.6 Å². The van der Waals surface area contributed by atoms with E-state index in [2.05, 4.69) is 33.0 Å². The molecular formula is C19H29N3O3S2. The number of nitrogens with zero attached hydrogens (tertiary/aromatic N) is 2. The molecule has 0 bridgehead atoms. The monoisotopic (exact) mass is 411 g/mol. The lowest BCUT2D eigenvalue weighted by atomic mass is 9.90. The van der Waals surface area contributed by atoms with Crippen LogP contribution in [0.5, 0.6) is 0 Å². The molecule has 3 rings (SSSR count). The summed E-state index contributed by atoms with van der Waals surface area (Å²) in [7, 11) is 0. The van der Waals surface area contributed by atoms with Gasteiger partial charge in [0.15, 0.2) is 5.16 Å². The van der Waals surface area contributed by atoms with Gasteiger partial charge in [-0.05, 0) is 18.9 Å². The number of nitrogens with one attached hydrogen (secondary N) is 1. The van der Waals surface area contributed by atoms with Crippen molar-refractivity contribution in [2.45, 2.75) is 63.2 Å². The number of thiophene rings is 1. The number of aromatic nitrogens is 2. The van der Waals surface area contributed by atoms with Crippen molar-refractivity contribution >= 4 is 39.1 Å². The molecule has 0 amide bonds. The highest BCUT2D eigenvalue weighted by atomic mass is 32.2. The number of rotatable bonds is 9. The zero-order valence-electron chi connectivity index (χ0n) is 16.5. The highest BCUT2D eigenvalue weighted by Crippen LogP contribution is 2.42. The molecule has 1 atom stereocenters. The molecule has 2 N–H and O–H groups in total. The Morgan fingerprint density at radius 2 is 2.19 bits per heavy atom. The molecule has 1 aliphatic rings. The molecule has 0 radical (unpaired) electrons. The minimum atomic E-state index is -0.131. The largest absolute Gasteiger partial charge is 0.394 e. The van der Waals surface area contributed by atoms with Gasteiger partial charge in [0.25, 0.3) is 0 Å². The Labute approximate surface area is 169 Å². The molecule has 1 aliphatic heterocycles. The molecule has 2 aromatic heterocycles. The summed E-state index contributed by atoms with van der Waals surface area (Å²) < 4.78 is 11.5. The van der Waals surface area contributed by atoms with Crippen molar-refractivity contribution in [3.05, 3.63) is 10.4 Å². The van der Waals surface area contributed by atoms with E-state index in [1.807, 2.05) is 0 Å². The molecule has 3 heterocycles. The van der Waals surface area contributed by atoms with Crippen LogP contribution in [0.15, 0.2) is 5.16 Å². The van der Waals surface area contributed by atoms with Gasteiger partial charge in [-0.1, -0.05) is 32.5 Å². The van der Waals surface area contributed by atoms with Crippen LogP contribution in [-0.2, 0) is 22.5 Å². The van der Waals surface area contributed by atoms with E-state index < -0.39 is 0 Å². The maximum Gasteiger partial charge on any atom is 0.191 e. The molecule has 6 nitrogen and oxygen atoms in total. The second kappa shape index (κ2) is 9.05. The number of ether oxygens (including phenoxy) is 2. The minimum Gasteiger partial charge on any atom is -0.394 e. The van der Waals surface area contributed by atoms with Crippen LogP contribution < -0.4 is 5.32 Å². The molecule has 2 aromatic rings. The van der Waals surface area contributed by atoms with Crippen LogP contribution in [0.3, 0.4) is 0 Å². The number of aliphatic hydroxyl groups excluding tert-OH is 1. The van der Waals surface area contributed by atoms with Crippen molar-refractivity contribution in [1.82, 2.24) is 9.97 Å². The summed E-state index contributed by atoms with van der Waals surface area (Å²) in [5.41, 5.74) is 1.19. The highest BCUT2D eigenvalue weighted by Gasteiger charge is 2.33. The predicted octanol–water partition coefficient (Wildman–Crippen LogP) is 3.85. The SMILES string of the molecule is CC[C@]1(C)Cc2c(sc3nc(SC(C)C)nc(NCCOCCO)c23)CO1. The van der Waals surface area contributed by atoms with Crippen LogP contribution in [0.1, 0.15) is 44.6 Å². The fourth-order valence-corrected chi connectivity index (χ4v) is 4.95. The Kier molecular flexibility index (Phi) is 6.97. The second-order valence-electron chi connectivity index (χ2n) is 7.24. The lowest BCUT2D eigenvalue weighted by Gasteiger charge is -2.33. The lowest BCUT2D eigenvalue weighted by molar-refractivity contribution is -0.0542. The van der Waals surface area contributed by atoms with Gasteiger partial charge >= 0.3 is 0 Å². The molecular weight excluding hydrogens is 382 g/mol. The Bertz CT molecular complexity index is 781. The maximum atomic E-state index is 8.84. The van der Waals surface area contributed by atoms with Crippen LogP contribution >= 0.6 is 23.1 Å². The molecule has 0 fully saturated rings. The minimum absolute atomic E-state index is 0.0422. The smallest absolute Gasteiger partial charge is 0.191 e. The van der Waals surface area contributed by atoms with Gasteiger partial charge in [0.05, 0.1) is 37.4 Å². The van der Waals surface area contributed by atoms with Crippen LogP contribution in [0.2, 0.25) is 0 Å². The van der Waals surface area contributed by atoms with Gasteiger partial charge in [0.1, 0.15) is 10.6 Å². The van der Waals surface area contributed by atoms with E-state index in [1.54, 1.807) is 23.1 Å². The summed E-state index contributed by atoms with van der Waals surface area (Å²) in [5, 5.41) is 14.6. The number of thioether (sulfide) groups is 1. The zero-order valence-corrected chi connectivity index (χ0v) is 18.1. The quantitative estimate of drug-likeness (QED) is 0.369. The molecule has 0 aromatic carbocycles. The Morgan fingerprint density at radius 3 is 2.89 bits per heavy atom. The molecule has 150 valence electrons. The van der Waals surface area contributed by atoms with E-state index in [4.69, 9.17) is 24.5 Å². The average Bonchev–Trinajstić information content (AvgIpc) is 2.98. The van der Waals surface area contributed by atoms with E-state index in [0.717, 1.165) is 34.0 Å². The van der Waals surface area contributed by atoms with Gasteiger partial charge in [0, 0.05) is 23.1 Å². The Hall–Kier alpha value is -0.930. The zero-order chi connectivity index (χ0) is 19.4. The fourth-order valence-electron chi connectivity index (χ4n) is 3.08. The number of aliphatic hydroxyl groups is 1. The summed E-state index contributed by atoms with van der Waals surface area (Å²) in [6.45, 7) is 10.9. The van der Waals surface area contributed by atoms with Crippen LogP contribution in [0.25, 0.3) is 10.2 Å². The maximum absolute atomic E-state index is 8.84. The molecule has 8 heteroatoms. The van der Waals surface area contributed by atoms with Crippen molar-refractivity contribution in [2.75, 3.05) is 31.7 Å². The van der Waals surface area contributed by atoms with Gasteiger partial charge in [0.2, 0.25) is 0 Å². The molecule has 0 aliphatic carbocycles. The van der Waals surface area contributed by atoms with E-state index in [0.29, 0.717) is 31.6 Å². The van der Waals surface area contributed by atoms with E-state index in [1.165, 1.54) is 10.4 Å². The summed E-state index contributed by atoms with van der Waals surface area (Å²) in [5.74, 6) is 0.883. The molecule has 0 saturated heterocycles. The summed E-state index contributed by atoms with van der Waals surface area (Å²) >= 11 is 3.39. The van der Waals surface area contributed by atoms with Crippen molar-refractivity contribution in [3.8, 4) is 0 Å². The predicted molar refractivity (Wildman–Crippen MR) is 112 cm³/mol. The topological polar surface area (TPSA) is 76.5 Å². The Morgan fingerprint density at radius 1 is 1.37 bits per heavy atom. The first kappa shape index (κ1) is 20.8. The summed E-state index contributed by atoms with van der Waals surface area (Å²) in [4.78, 5) is 11.9. The summed E-state index contributed by atoms with van der Waals surface area (Å²) in [6, 6.07) is 0. The second-order valence-corrected chi connectivity index (χ2v) is 9.86. The van der Waals surface area contributed by atoms with E-state index in [9.17, 15) is 0 Å². The first-order valence-electron chi connectivity index (χ1n) is 9.51. The Balaban J connectivity index is 1.94. The fraction of sp³-hybridized carbons (Fsp3) is 0.684. The van der Waals surface area contributed by atoms with Crippen LogP contribution in [0.4, 0.5) is 5.82 Å². The van der Waals surface area contributed by atoms with Gasteiger partial charge in [-0.3, -0.25) is 0 Å². The van der Waals surface area contributed by atoms with Gasteiger partial charge in [-0.2, -0.15) is 0 Å². The number of anilines is 1. The third kappa shape index (κ3) is 4.92. The molecule has 0 unspecified atom stereocenters. The highest BCUT2D eigenvalue weighted by molar-refractivity contribution is 7.99. The normalized spacial score (nSPS) is 19.6. The molecule has 27 heavy (non-hydrogen) atoms. The van der Waals surface area contributed by atoms with Crippen molar-refractivity contribution in [2.24, 2.45) is 0 Å². The van der Waals surface area contributed by atoms with Gasteiger partial charge in [-0.25, -0.2) is 9.97 Å². The number of hydrogen-bond acceptors (Lipinski definition) is 8. The van der Waals surface area contributed by atoms with Crippen LogP contribution in [-0.4, -0.2) is 52.3 Å². The third-order valence-electron chi connectivity index (χ3n) is 4.68. The molecule has 0 saturated carbocycles. The number of fused-ring (bicyclic) bond motifs is 3. The van der Waals surface area contributed by atoms with Crippen molar-refractivity contribution in [1.29, 1.82) is 0 Å². The lowest BCUT2D eigenvalue weighted by Crippen LogP contribution is -2.34. The van der Waals surface area contributed by atoms with E-state index >= 15 is 0 Å². The number of hydrogen-bond donors (Lipinski definition) is 2. The standard InChI is InChI=1S/C19H29N3O3S2/c1-5-19(4)10-13-14(11-25-19)27-17-15(13)16(20-6-8-24-9-7-23)21-18(22-17)26-12(2)3/h12,23H,5-11H2,1-4H3,(H,20,21,22)/t19-/m1/s1.